The molecule has 1 saturated carbocycles. The van der Waals surface area contributed by atoms with Gasteiger partial charge in [0, 0.05) is 38.1 Å². The van der Waals surface area contributed by atoms with Gasteiger partial charge in [0.1, 0.15) is 11.8 Å². The molecule has 4 aromatic heterocycles. The summed E-state index contributed by atoms with van der Waals surface area (Å²) < 4.78 is 30.3. The number of rotatable bonds is 7. The molecule has 6 rings (SSSR count). The quantitative estimate of drug-likeness (QED) is 0.336. The predicted octanol–water partition coefficient (Wildman–Crippen LogP) is 0.634. The van der Waals surface area contributed by atoms with Gasteiger partial charge in [-0.15, -0.1) is 0 Å². The minimum absolute atomic E-state index is 0.00732. The summed E-state index contributed by atoms with van der Waals surface area (Å²) in [7, 11) is 1.42. The number of aryl methyl sites for hydroxylation is 1. The van der Waals surface area contributed by atoms with Crippen LogP contribution in [0.1, 0.15) is 19.9 Å². The number of anilines is 2. The van der Waals surface area contributed by atoms with Crippen molar-refractivity contribution in [2.75, 3.05) is 23.3 Å². The number of imidazole rings is 1. The van der Waals surface area contributed by atoms with E-state index in [0.717, 1.165) is 9.13 Å². The molecule has 2 unspecified atom stereocenters. The molecule has 1 N–H and O–H groups in total. The summed E-state index contributed by atoms with van der Waals surface area (Å²) in [4.78, 5) is 73.4. The molecule has 3 atom stereocenters. The SMILES string of the molecule is CC(=O)Cn1c(=O)c2c(ncn2[C@@H](C)C(=O)Nc2cncc(-c3cnc(N4CC5C(C4)C5(F)F)nc3)n2)n(C)c1=O. The lowest BCUT2D eigenvalue weighted by molar-refractivity contribution is -0.119. The van der Waals surface area contributed by atoms with E-state index in [2.05, 4.69) is 30.2 Å². The molecular weight excluding hydrogens is 542 g/mol. The second-order valence-corrected chi connectivity index (χ2v) is 10.3. The van der Waals surface area contributed by atoms with Crippen LogP contribution in [-0.4, -0.2) is 69.3 Å². The number of nitrogens with one attached hydrogen (secondary N) is 1. The third-order valence-electron chi connectivity index (χ3n) is 7.54. The fraction of sp³-hybridized carbons (Fsp3) is 0.400. The number of carbonyl (C=O) groups excluding carboxylic acids is 2. The molecule has 212 valence electrons. The summed E-state index contributed by atoms with van der Waals surface area (Å²) in [5.41, 5.74) is -0.486. The number of halogens is 2. The Labute approximate surface area is 229 Å². The first-order valence-corrected chi connectivity index (χ1v) is 12.7. The molecule has 2 fully saturated rings. The first kappa shape index (κ1) is 26.3. The average molecular weight is 567 g/mol. The maximum Gasteiger partial charge on any atom is 0.332 e. The number of nitrogens with zero attached hydrogens (tertiary/aromatic N) is 9. The number of Topliss-reactive ketones (excluding diaryl/α,β-unsaturated/α-hetero) is 1. The van der Waals surface area contributed by atoms with E-state index in [4.69, 9.17) is 0 Å². The molecule has 5 heterocycles. The summed E-state index contributed by atoms with van der Waals surface area (Å²) in [5.74, 6) is -4.33. The van der Waals surface area contributed by atoms with Crippen LogP contribution in [0.3, 0.4) is 0 Å². The van der Waals surface area contributed by atoms with Crippen LogP contribution in [0.25, 0.3) is 22.4 Å². The molecule has 41 heavy (non-hydrogen) atoms. The normalized spacial score (nSPS) is 19.7. The first-order valence-electron chi connectivity index (χ1n) is 12.7. The van der Waals surface area contributed by atoms with Crippen molar-refractivity contribution in [3.63, 3.8) is 0 Å². The molecule has 1 aliphatic heterocycles. The van der Waals surface area contributed by atoms with Crippen LogP contribution in [-0.2, 0) is 23.2 Å². The van der Waals surface area contributed by atoms with Gasteiger partial charge in [0.2, 0.25) is 11.9 Å². The number of hydrogen-bond acceptors (Lipinski definition) is 10. The maximum atomic E-state index is 13.5. The van der Waals surface area contributed by atoms with Crippen molar-refractivity contribution in [2.24, 2.45) is 18.9 Å². The number of ketones is 1. The number of alkyl halides is 2. The largest absolute Gasteiger partial charge is 0.340 e. The first-order chi connectivity index (χ1) is 19.5. The van der Waals surface area contributed by atoms with Crippen LogP contribution >= 0.6 is 0 Å². The minimum Gasteiger partial charge on any atom is -0.340 e. The third kappa shape index (κ3) is 4.35. The van der Waals surface area contributed by atoms with Crippen LogP contribution in [0, 0.1) is 11.8 Å². The smallest absolute Gasteiger partial charge is 0.332 e. The van der Waals surface area contributed by atoms with Gasteiger partial charge >= 0.3 is 5.69 Å². The van der Waals surface area contributed by atoms with Crippen LogP contribution < -0.4 is 21.5 Å². The lowest BCUT2D eigenvalue weighted by Gasteiger charge is -2.19. The van der Waals surface area contributed by atoms with Gasteiger partial charge in [0.15, 0.2) is 17.0 Å². The van der Waals surface area contributed by atoms with Gasteiger partial charge in [-0.25, -0.2) is 33.5 Å². The van der Waals surface area contributed by atoms with E-state index >= 15 is 0 Å². The van der Waals surface area contributed by atoms with Gasteiger partial charge in [-0.05, 0) is 13.8 Å². The Balaban J connectivity index is 1.20. The molecule has 0 radical (unpaired) electrons. The molecule has 0 spiro atoms. The van der Waals surface area contributed by atoms with E-state index in [1.165, 1.54) is 49.7 Å². The van der Waals surface area contributed by atoms with E-state index < -0.39 is 47.5 Å². The molecule has 1 amide bonds. The van der Waals surface area contributed by atoms with E-state index in [-0.39, 0.29) is 35.9 Å². The molecule has 0 bridgehead atoms. The van der Waals surface area contributed by atoms with Gasteiger partial charge in [-0.1, -0.05) is 0 Å². The van der Waals surface area contributed by atoms with E-state index in [9.17, 15) is 28.0 Å². The van der Waals surface area contributed by atoms with E-state index in [1.54, 1.807) is 11.8 Å². The number of aromatic nitrogens is 8. The number of piperidine rings is 1. The number of hydrogen-bond donors (Lipinski definition) is 1. The molecule has 1 saturated heterocycles. The molecule has 0 aromatic carbocycles. The number of amides is 1. The van der Waals surface area contributed by atoms with Crippen LogP contribution in [0.15, 0.2) is 40.7 Å². The Morgan fingerprint density at radius 3 is 2.44 bits per heavy atom. The molecule has 2 aliphatic rings. The van der Waals surface area contributed by atoms with Crippen LogP contribution in [0.5, 0.6) is 0 Å². The number of carbonyl (C=O) groups is 2. The van der Waals surface area contributed by atoms with Crippen molar-refractivity contribution in [1.29, 1.82) is 0 Å². The lowest BCUT2D eigenvalue weighted by atomic mass is 10.2. The highest BCUT2D eigenvalue weighted by Gasteiger charge is 2.72. The topological polar surface area (TPSA) is 163 Å². The average Bonchev–Trinajstić information content (AvgIpc) is 3.38. The Bertz CT molecular complexity index is 1820. The molecule has 16 heteroatoms. The predicted molar refractivity (Wildman–Crippen MR) is 140 cm³/mol. The summed E-state index contributed by atoms with van der Waals surface area (Å²) in [5, 5.41) is 2.66. The van der Waals surface area contributed by atoms with Gasteiger partial charge in [0.05, 0.1) is 42.8 Å². The number of fused-ring (bicyclic) bond motifs is 2. The van der Waals surface area contributed by atoms with Crippen molar-refractivity contribution in [3.05, 3.63) is 52.0 Å². The van der Waals surface area contributed by atoms with E-state index in [1.807, 2.05) is 0 Å². The molecule has 4 aromatic rings. The molecule has 14 nitrogen and oxygen atoms in total. The Morgan fingerprint density at radius 2 is 1.78 bits per heavy atom. The summed E-state index contributed by atoms with van der Waals surface area (Å²) in [6.07, 6.45) is 7.10. The Kier molecular flexibility index (Phi) is 6.00. The zero-order valence-corrected chi connectivity index (χ0v) is 22.2. The van der Waals surface area contributed by atoms with Crippen molar-refractivity contribution in [3.8, 4) is 11.3 Å². The monoisotopic (exact) mass is 566 g/mol. The summed E-state index contributed by atoms with van der Waals surface area (Å²) in [6.45, 7) is 2.82. The highest BCUT2D eigenvalue weighted by atomic mass is 19.3. The standard InChI is InChI=1S/C25H24F2N10O4/c1-12(38)8-36-22(40)19-20(34(3)24(36)41)31-11-37(19)13(2)21(39)33-18-7-28-6-17(32-18)14-4-29-23(30-5-14)35-9-15-16(10-35)25(15,26)27/h4-7,11,13,15-16H,8-10H2,1-3H3,(H,32,33,39)/t13-,15?,16?/m0/s1. The zero-order valence-electron chi connectivity index (χ0n) is 22.2. The van der Waals surface area contributed by atoms with Crippen molar-refractivity contribution < 1.29 is 18.4 Å². The van der Waals surface area contributed by atoms with Crippen molar-refractivity contribution in [2.45, 2.75) is 32.4 Å². The van der Waals surface area contributed by atoms with Crippen molar-refractivity contribution in [1.82, 2.24) is 38.6 Å². The minimum atomic E-state index is -2.59. The molecular formula is C25H24F2N10O4. The van der Waals surface area contributed by atoms with Crippen LogP contribution in [0.2, 0.25) is 0 Å². The van der Waals surface area contributed by atoms with Crippen LogP contribution in [0.4, 0.5) is 20.5 Å². The summed E-state index contributed by atoms with van der Waals surface area (Å²) in [6, 6.07) is -0.955. The Morgan fingerprint density at radius 1 is 1.10 bits per heavy atom. The molecule has 1 aliphatic carbocycles. The fourth-order valence-electron chi connectivity index (χ4n) is 5.16. The maximum absolute atomic E-state index is 13.5. The summed E-state index contributed by atoms with van der Waals surface area (Å²) >= 11 is 0. The fourth-order valence-corrected chi connectivity index (χ4v) is 5.16. The zero-order chi connectivity index (χ0) is 29.2. The van der Waals surface area contributed by atoms with E-state index in [0.29, 0.717) is 17.2 Å². The third-order valence-corrected chi connectivity index (χ3v) is 7.54. The second-order valence-electron chi connectivity index (χ2n) is 10.3. The highest BCUT2D eigenvalue weighted by molar-refractivity contribution is 5.93. The van der Waals surface area contributed by atoms with Gasteiger partial charge in [-0.3, -0.25) is 28.5 Å². The van der Waals surface area contributed by atoms with Gasteiger partial charge in [-0.2, -0.15) is 0 Å². The highest BCUT2D eigenvalue weighted by Crippen LogP contribution is 2.59. The Hall–Kier alpha value is -4.89. The second kappa shape index (κ2) is 9.35. The van der Waals surface area contributed by atoms with Gasteiger partial charge in [0.25, 0.3) is 11.5 Å². The van der Waals surface area contributed by atoms with Gasteiger partial charge < -0.3 is 14.8 Å². The lowest BCUT2D eigenvalue weighted by Crippen LogP contribution is -2.41. The van der Waals surface area contributed by atoms with Crippen molar-refractivity contribution >= 4 is 34.6 Å².